The average molecular weight is 418 g/mol. The Morgan fingerprint density at radius 1 is 1.00 bits per heavy atom. The van der Waals surface area contributed by atoms with Crippen LogP contribution in [0.1, 0.15) is 32.1 Å². The maximum atomic E-state index is 10.4. The van der Waals surface area contributed by atoms with E-state index < -0.39 is 0 Å². The lowest BCUT2D eigenvalue weighted by Gasteiger charge is -2.32. The van der Waals surface area contributed by atoms with Crippen molar-refractivity contribution in [3.63, 3.8) is 0 Å². The lowest BCUT2D eigenvalue weighted by atomic mass is 10.1. The zero-order valence-corrected chi connectivity index (χ0v) is 17.9. The van der Waals surface area contributed by atoms with Crippen molar-refractivity contribution in [2.45, 2.75) is 39.2 Å². The van der Waals surface area contributed by atoms with Crippen molar-refractivity contribution in [1.29, 1.82) is 0 Å². The highest BCUT2D eigenvalue weighted by Gasteiger charge is 2.18. The van der Waals surface area contributed by atoms with Crippen LogP contribution in [-0.4, -0.2) is 45.7 Å². The van der Waals surface area contributed by atoms with Gasteiger partial charge in [-0.25, -0.2) is 15.0 Å². The highest BCUT2D eigenvalue weighted by Crippen LogP contribution is 2.33. The summed E-state index contributed by atoms with van der Waals surface area (Å²) in [6.45, 7) is 6.81. The quantitative estimate of drug-likeness (QED) is 0.499. The maximum absolute atomic E-state index is 10.4. The molecule has 1 saturated carbocycles. The van der Waals surface area contributed by atoms with Gasteiger partial charge in [0, 0.05) is 44.2 Å². The highest BCUT2D eigenvalue weighted by atomic mass is 16.3. The molecule has 7 heteroatoms. The molecule has 0 bridgehead atoms. The third kappa shape index (κ3) is 4.32. The fourth-order valence-electron chi connectivity index (χ4n) is 3.75. The standard InChI is InChI=1S/C21H21N5O2.C3H6/c1-12-11-26(8-7-22-12)21-6-5-16-17(25-21)4-3-15(24-16)14-9-20-18(10-19(14)27)23-13(2)28-20;1-2-3-1/h3-6,9-10,12,22,27H,7-8,11H2,1-2H3;1-3H2. The Labute approximate surface area is 181 Å². The number of fused-ring (bicyclic) bond motifs is 2. The summed E-state index contributed by atoms with van der Waals surface area (Å²) >= 11 is 0. The number of hydrogen-bond acceptors (Lipinski definition) is 7. The van der Waals surface area contributed by atoms with Gasteiger partial charge >= 0.3 is 0 Å². The molecule has 1 aliphatic heterocycles. The fraction of sp³-hybridized carbons (Fsp3) is 0.375. The smallest absolute Gasteiger partial charge is 0.192 e. The summed E-state index contributed by atoms with van der Waals surface area (Å²) in [5.41, 5.74) is 4.18. The van der Waals surface area contributed by atoms with Crippen molar-refractivity contribution in [2.24, 2.45) is 0 Å². The number of hydrogen-bond donors (Lipinski definition) is 2. The average Bonchev–Trinajstić information content (AvgIpc) is 3.60. The lowest BCUT2D eigenvalue weighted by Crippen LogP contribution is -2.49. The van der Waals surface area contributed by atoms with E-state index in [4.69, 9.17) is 14.4 Å². The van der Waals surface area contributed by atoms with Gasteiger partial charge in [-0.3, -0.25) is 0 Å². The summed E-state index contributed by atoms with van der Waals surface area (Å²) in [4.78, 5) is 16.0. The third-order valence-corrected chi connectivity index (χ3v) is 5.46. The summed E-state index contributed by atoms with van der Waals surface area (Å²) in [6.07, 6.45) is 4.50. The molecule has 0 spiro atoms. The largest absolute Gasteiger partial charge is 0.507 e. The first kappa shape index (κ1) is 19.8. The van der Waals surface area contributed by atoms with Crippen LogP contribution in [0, 0.1) is 6.92 Å². The summed E-state index contributed by atoms with van der Waals surface area (Å²) in [5.74, 6) is 1.67. The molecular formula is C24H27N5O2. The van der Waals surface area contributed by atoms with E-state index in [2.05, 4.69) is 22.1 Å². The molecule has 6 rings (SSSR count). The first-order valence-electron chi connectivity index (χ1n) is 10.9. The number of nitrogens with zero attached hydrogens (tertiary/aromatic N) is 4. The second-order valence-electron chi connectivity index (χ2n) is 8.34. The van der Waals surface area contributed by atoms with Crippen LogP contribution in [0.2, 0.25) is 0 Å². The van der Waals surface area contributed by atoms with E-state index >= 15 is 0 Å². The summed E-state index contributed by atoms with van der Waals surface area (Å²) in [7, 11) is 0. The number of anilines is 1. The van der Waals surface area contributed by atoms with Crippen molar-refractivity contribution < 1.29 is 9.52 Å². The number of phenolic OH excluding ortho intramolecular Hbond substituents is 1. The van der Waals surface area contributed by atoms with Crippen LogP contribution in [0.3, 0.4) is 0 Å². The lowest BCUT2D eigenvalue weighted by molar-refractivity contribution is 0.477. The van der Waals surface area contributed by atoms with Gasteiger partial charge in [-0.15, -0.1) is 0 Å². The first-order valence-corrected chi connectivity index (χ1v) is 10.9. The number of rotatable bonds is 2. The van der Waals surface area contributed by atoms with E-state index in [9.17, 15) is 5.11 Å². The van der Waals surface area contributed by atoms with Gasteiger partial charge in [0.1, 0.15) is 17.1 Å². The second kappa shape index (κ2) is 8.15. The van der Waals surface area contributed by atoms with Crippen molar-refractivity contribution in [3.8, 4) is 17.0 Å². The summed E-state index contributed by atoms with van der Waals surface area (Å²) in [5, 5.41) is 13.9. The van der Waals surface area contributed by atoms with Crippen LogP contribution >= 0.6 is 0 Å². The normalized spacial score (nSPS) is 18.1. The number of pyridine rings is 2. The van der Waals surface area contributed by atoms with E-state index in [-0.39, 0.29) is 5.75 Å². The molecule has 160 valence electrons. The number of piperazine rings is 1. The minimum absolute atomic E-state index is 0.132. The van der Waals surface area contributed by atoms with Crippen molar-refractivity contribution in [3.05, 3.63) is 42.3 Å². The molecule has 0 radical (unpaired) electrons. The van der Waals surface area contributed by atoms with E-state index in [1.807, 2.05) is 24.3 Å². The predicted molar refractivity (Wildman–Crippen MR) is 122 cm³/mol. The number of aryl methyl sites for hydroxylation is 1. The van der Waals surface area contributed by atoms with Gasteiger partial charge in [0.15, 0.2) is 11.5 Å². The second-order valence-corrected chi connectivity index (χ2v) is 8.34. The van der Waals surface area contributed by atoms with Gasteiger partial charge < -0.3 is 19.7 Å². The van der Waals surface area contributed by atoms with Crippen molar-refractivity contribution in [1.82, 2.24) is 20.3 Å². The van der Waals surface area contributed by atoms with Gasteiger partial charge in [-0.1, -0.05) is 19.3 Å². The molecule has 0 amide bonds. The Bertz CT molecular complexity index is 1230. The van der Waals surface area contributed by atoms with Crippen LogP contribution in [0.4, 0.5) is 5.82 Å². The molecule has 4 heterocycles. The fourth-order valence-corrected chi connectivity index (χ4v) is 3.75. The molecule has 1 aliphatic carbocycles. The Morgan fingerprint density at radius 3 is 2.55 bits per heavy atom. The number of aromatic hydroxyl groups is 1. The molecule has 1 unspecified atom stereocenters. The topological polar surface area (TPSA) is 87.3 Å². The molecule has 2 fully saturated rings. The Kier molecular flexibility index (Phi) is 5.19. The number of oxazole rings is 1. The summed E-state index contributed by atoms with van der Waals surface area (Å²) < 4.78 is 5.59. The molecule has 2 aliphatic rings. The van der Waals surface area contributed by atoms with Gasteiger partial charge in [0.25, 0.3) is 0 Å². The zero-order valence-electron chi connectivity index (χ0n) is 17.9. The molecule has 7 nitrogen and oxygen atoms in total. The highest BCUT2D eigenvalue weighted by molar-refractivity contribution is 5.86. The van der Waals surface area contributed by atoms with E-state index in [0.29, 0.717) is 34.3 Å². The van der Waals surface area contributed by atoms with Crippen LogP contribution < -0.4 is 10.2 Å². The van der Waals surface area contributed by atoms with Gasteiger partial charge in [0.2, 0.25) is 0 Å². The Balaban J connectivity index is 0.000000628. The molecule has 2 N–H and O–H groups in total. The molecule has 3 aromatic heterocycles. The molecule has 31 heavy (non-hydrogen) atoms. The molecule has 1 saturated heterocycles. The van der Waals surface area contributed by atoms with Crippen LogP contribution in [0.5, 0.6) is 5.75 Å². The maximum Gasteiger partial charge on any atom is 0.192 e. The summed E-state index contributed by atoms with van der Waals surface area (Å²) in [6, 6.07) is 11.7. The number of phenols is 1. The van der Waals surface area contributed by atoms with Crippen LogP contribution in [0.25, 0.3) is 33.4 Å². The Hall–Kier alpha value is -3.19. The monoisotopic (exact) mass is 417 g/mol. The third-order valence-electron chi connectivity index (χ3n) is 5.46. The van der Waals surface area contributed by atoms with Crippen molar-refractivity contribution in [2.75, 3.05) is 24.5 Å². The van der Waals surface area contributed by atoms with E-state index in [1.54, 1.807) is 19.1 Å². The molecule has 1 atom stereocenters. The Morgan fingerprint density at radius 2 is 1.77 bits per heavy atom. The number of aromatic nitrogens is 3. The predicted octanol–water partition coefficient (Wildman–Crippen LogP) is 4.42. The SMILES string of the molecule is C1CC1.Cc1nc2cc(O)c(-c3ccc4nc(N5CCNC(C)C5)ccc4n3)cc2o1. The van der Waals surface area contributed by atoms with Crippen LogP contribution in [-0.2, 0) is 0 Å². The molecular weight excluding hydrogens is 390 g/mol. The van der Waals surface area contributed by atoms with E-state index in [0.717, 1.165) is 36.5 Å². The first-order chi connectivity index (χ1) is 15.1. The zero-order chi connectivity index (χ0) is 21.4. The van der Waals surface area contributed by atoms with Crippen molar-refractivity contribution >= 4 is 28.0 Å². The molecule has 1 aromatic carbocycles. The van der Waals surface area contributed by atoms with Gasteiger partial charge in [0.05, 0.1) is 16.7 Å². The van der Waals surface area contributed by atoms with Gasteiger partial charge in [-0.2, -0.15) is 0 Å². The number of benzene rings is 1. The minimum Gasteiger partial charge on any atom is -0.507 e. The molecule has 4 aromatic rings. The van der Waals surface area contributed by atoms with Crippen LogP contribution in [0.15, 0.2) is 40.8 Å². The van der Waals surface area contributed by atoms with Gasteiger partial charge in [-0.05, 0) is 37.3 Å². The van der Waals surface area contributed by atoms with E-state index in [1.165, 1.54) is 19.3 Å². The number of nitrogens with one attached hydrogen (secondary N) is 1. The minimum atomic E-state index is 0.132.